The normalized spacial score (nSPS) is 15.8. The average molecular weight is 293 g/mol. The molecule has 0 atom stereocenters. The minimum Gasteiger partial charge on any atom is -0.284 e. The van der Waals surface area contributed by atoms with E-state index in [1.54, 1.807) is 6.33 Å². The van der Waals surface area contributed by atoms with Crippen LogP contribution in [-0.4, -0.2) is 45.9 Å². The van der Waals surface area contributed by atoms with Gasteiger partial charge in [0.25, 0.3) is 10.2 Å². The van der Waals surface area contributed by atoms with Gasteiger partial charge in [-0.2, -0.15) is 17.0 Å². The number of benzene rings is 1. The monoisotopic (exact) mass is 293 g/mol. The molecule has 0 aliphatic carbocycles. The lowest BCUT2D eigenvalue weighted by Gasteiger charge is -2.23. The Morgan fingerprint density at radius 2 is 1.95 bits per heavy atom. The second-order valence-electron chi connectivity index (χ2n) is 4.80. The maximum atomic E-state index is 12.4. The minimum absolute atomic E-state index is 0.204. The molecule has 8 heteroatoms. The molecule has 0 fully saturated rings. The van der Waals surface area contributed by atoms with Crippen molar-refractivity contribution >= 4 is 10.2 Å². The molecule has 0 unspecified atom stereocenters. The van der Waals surface area contributed by atoms with Gasteiger partial charge in [-0.3, -0.25) is 4.57 Å². The molecule has 1 aliphatic rings. The molecule has 1 aromatic carbocycles. The molecular weight excluding hydrogens is 278 g/mol. The number of hydrogen-bond acceptors (Lipinski definition) is 4. The highest BCUT2D eigenvalue weighted by Gasteiger charge is 2.30. The first-order chi connectivity index (χ1) is 9.50. The van der Waals surface area contributed by atoms with Crippen molar-refractivity contribution < 1.29 is 8.42 Å². The van der Waals surface area contributed by atoms with Crippen LogP contribution in [0.15, 0.2) is 30.6 Å². The van der Waals surface area contributed by atoms with Crippen LogP contribution in [-0.2, 0) is 23.3 Å². The van der Waals surface area contributed by atoms with E-state index in [1.165, 1.54) is 22.7 Å². The summed E-state index contributed by atoms with van der Waals surface area (Å²) >= 11 is 0. The van der Waals surface area contributed by atoms with E-state index < -0.39 is 10.2 Å². The first-order valence-electron chi connectivity index (χ1n) is 6.15. The molecule has 0 spiro atoms. The Balaban J connectivity index is 2.15. The molecule has 0 bridgehead atoms. The summed E-state index contributed by atoms with van der Waals surface area (Å²) in [5.41, 5.74) is 1.85. The van der Waals surface area contributed by atoms with Crippen molar-refractivity contribution in [2.24, 2.45) is 0 Å². The SMILES string of the molecule is CN(C)S(=O)(=O)N1Cc2ccccc2-n2cnnc2C1. The summed E-state index contributed by atoms with van der Waals surface area (Å²) in [6.45, 7) is 0.523. The van der Waals surface area contributed by atoms with Crippen LogP contribution in [0.1, 0.15) is 11.4 Å². The smallest absolute Gasteiger partial charge is 0.282 e. The average Bonchev–Trinajstić information content (AvgIpc) is 2.80. The van der Waals surface area contributed by atoms with Crippen LogP contribution in [0.25, 0.3) is 5.69 Å². The molecule has 0 saturated carbocycles. The number of para-hydroxylation sites is 1. The Kier molecular flexibility index (Phi) is 3.08. The van der Waals surface area contributed by atoms with E-state index in [9.17, 15) is 8.42 Å². The van der Waals surface area contributed by atoms with Crippen molar-refractivity contribution in [1.82, 2.24) is 23.4 Å². The summed E-state index contributed by atoms with van der Waals surface area (Å²) in [6.07, 6.45) is 1.61. The lowest BCUT2D eigenvalue weighted by molar-refractivity contribution is 0.362. The highest BCUT2D eigenvalue weighted by molar-refractivity contribution is 7.86. The molecule has 20 heavy (non-hydrogen) atoms. The molecule has 0 N–H and O–H groups in total. The van der Waals surface area contributed by atoms with Crippen LogP contribution >= 0.6 is 0 Å². The lowest BCUT2D eigenvalue weighted by atomic mass is 10.2. The summed E-state index contributed by atoms with van der Waals surface area (Å²) in [5.74, 6) is 0.611. The van der Waals surface area contributed by atoms with E-state index in [-0.39, 0.29) is 6.54 Å². The van der Waals surface area contributed by atoms with Crippen LogP contribution in [0.5, 0.6) is 0 Å². The number of aromatic nitrogens is 3. The molecule has 2 aromatic rings. The number of rotatable bonds is 2. The number of hydrogen-bond donors (Lipinski definition) is 0. The Bertz CT molecular complexity index is 738. The van der Waals surface area contributed by atoms with Crippen molar-refractivity contribution in [3.63, 3.8) is 0 Å². The van der Waals surface area contributed by atoms with Crippen molar-refractivity contribution in [2.75, 3.05) is 14.1 Å². The molecule has 1 aliphatic heterocycles. The van der Waals surface area contributed by atoms with Gasteiger partial charge < -0.3 is 0 Å². The molecule has 7 nitrogen and oxygen atoms in total. The van der Waals surface area contributed by atoms with Gasteiger partial charge in [-0.15, -0.1) is 10.2 Å². The zero-order valence-corrected chi connectivity index (χ0v) is 12.1. The Morgan fingerprint density at radius 3 is 2.70 bits per heavy atom. The van der Waals surface area contributed by atoms with E-state index in [1.807, 2.05) is 28.8 Å². The molecule has 0 radical (unpaired) electrons. The zero-order valence-electron chi connectivity index (χ0n) is 11.3. The predicted octanol–water partition coefficient (Wildman–Crippen LogP) is 0.389. The van der Waals surface area contributed by atoms with E-state index in [0.29, 0.717) is 12.4 Å². The molecule has 3 rings (SSSR count). The van der Waals surface area contributed by atoms with Crippen LogP contribution in [0, 0.1) is 0 Å². The molecular formula is C12H15N5O2S. The quantitative estimate of drug-likeness (QED) is 0.803. The van der Waals surface area contributed by atoms with Crippen LogP contribution in [0.3, 0.4) is 0 Å². The molecule has 106 valence electrons. The van der Waals surface area contributed by atoms with Gasteiger partial charge in [0.1, 0.15) is 6.33 Å². The number of fused-ring (bicyclic) bond motifs is 3. The van der Waals surface area contributed by atoms with Gasteiger partial charge in [-0.05, 0) is 11.6 Å². The molecule has 0 amide bonds. The van der Waals surface area contributed by atoms with Crippen LogP contribution in [0.2, 0.25) is 0 Å². The third-order valence-corrected chi connectivity index (χ3v) is 5.16. The fraction of sp³-hybridized carbons (Fsp3) is 0.333. The first kappa shape index (κ1) is 13.2. The Morgan fingerprint density at radius 1 is 1.20 bits per heavy atom. The van der Waals surface area contributed by atoms with Crippen molar-refractivity contribution in [1.29, 1.82) is 0 Å². The van der Waals surface area contributed by atoms with E-state index in [0.717, 1.165) is 11.3 Å². The van der Waals surface area contributed by atoms with Crippen molar-refractivity contribution in [3.8, 4) is 5.69 Å². The fourth-order valence-corrected chi connectivity index (χ4v) is 3.29. The second kappa shape index (κ2) is 4.65. The highest BCUT2D eigenvalue weighted by Crippen LogP contribution is 2.25. The van der Waals surface area contributed by atoms with Gasteiger partial charge in [0.15, 0.2) is 5.82 Å². The van der Waals surface area contributed by atoms with Gasteiger partial charge in [-0.25, -0.2) is 0 Å². The highest BCUT2D eigenvalue weighted by atomic mass is 32.2. The summed E-state index contributed by atoms with van der Waals surface area (Å²) in [7, 11) is -0.452. The molecule has 1 aromatic heterocycles. The first-order valence-corrected chi connectivity index (χ1v) is 7.54. The van der Waals surface area contributed by atoms with Crippen LogP contribution in [0.4, 0.5) is 0 Å². The Hall–Kier alpha value is -1.77. The Labute approximate surface area is 117 Å². The predicted molar refractivity (Wildman–Crippen MR) is 73.2 cm³/mol. The standard InChI is InChI=1S/C12H15N5O2S/c1-15(2)20(18,19)16-7-10-5-3-4-6-11(10)17-9-13-14-12(17)8-16/h3-6,9H,7-8H2,1-2H3. The topological polar surface area (TPSA) is 71.3 Å². The van der Waals surface area contributed by atoms with Gasteiger partial charge in [0.2, 0.25) is 0 Å². The minimum atomic E-state index is -3.50. The number of nitrogens with zero attached hydrogens (tertiary/aromatic N) is 5. The summed E-state index contributed by atoms with van der Waals surface area (Å²) in [4.78, 5) is 0. The maximum Gasteiger partial charge on any atom is 0.282 e. The zero-order chi connectivity index (χ0) is 14.3. The third-order valence-electron chi connectivity index (χ3n) is 3.32. The van der Waals surface area contributed by atoms with Crippen molar-refractivity contribution in [3.05, 3.63) is 42.0 Å². The van der Waals surface area contributed by atoms with Crippen molar-refractivity contribution in [2.45, 2.75) is 13.1 Å². The van der Waals surface area contributed by atoms with Gasteiger partial charge >= 0.3 is 0 Å². The third kappa shape index (κ3) is 2.01. The van der Waals surface area contributed by atoms with E-state index in [2.05, 4.69) is 10.2 Å². The summed E-state index contributed by atoms with van der Waals surface area (Å²) in [6, 6.07) is 7.67. The van der Waals surface area contributed by atoms with E-state index >= 15 is 0 Å². The van der Waals surface area contributed by atoms with Gasteiger partial charge in [0.05, 0.1) is 12.2 Å². The summed E-state index contributed by atoms with van der Waals surface area (Å²) in [5, 5.41) is 7.91. The molecule has 2 heterocycles. The second-order valence-corrected chi connectivity index (χ2v) is 6.95. The lowest BCUT2D eigenvalue weighted by Crippen LogP contribution is -2.39. The van der Waals surface area contributed by atoms with Crippen LogP contribution < -0.4 is 0 Å². The van der Waals surface area contributed by atoms with Gasteiger partial charge in [0, 0.05) is 20.6 Å². The van der Waals surface area contributed by atoms with Gasteiger partial charge in [-0.1, -0.05) is 18.2 Å². The van der Waals surface area contributed by atoms with E-state index in [4.69, 9.17) is 0 Å². The molecule has 0 saturated heterocycles. The fourth-order valence-electron chi connectivity index (χ4n) is 2.25. The largest absolute Gasteiger partial charge is 0.284 e. The maximum absolute atomic E-state index is 12.4. The summed E-state index contributed by atoms with van der Waals surface area (Å²) < 4.78 is 29.2.